The van der Waals surface area contributed by atoms with Gasteiger partial charge < -0.3 is 5.32 Å². The highest BCUT2D eigenvalue weighted by Gasteiger charge is 2.08. The fraction of sp³-hybridized carbons (Fsp3) is 0.231. The van der Waals surface area contributed by atoms with E-state index in [4.69, 9.17) is 11.6 Å². The molecule has 1 nitrogen and oxygen atoms in total. The van der Waals surface area contributed by atoms with Crippen LogP contribution >= 0.6 is 22.9 Å². The number of hydrogen-bond acceptors (Lipinski definition) is 2. The van der Waals surface area contributed by atoms with Crippen molar-refractivity contribution in [3.8, 4) is 0 Å². The molecule has 1 heterocycles. The fourth-order valence-corrected chi connectivity index (χ4v) is 2.75. The maximum atomic E-state index is 13.2. The molecule has 1 unspecified atom stereocenters. The van der Waals surface area contributed by atoms with Crippen molar-refractivity contribution in [2.24, 2.45) is 0 Å². The van der Waals surface area contributed by atoms with Gasteiger partial charge in [-0.1, -0.05) is 11.6 Å². The molecule has 0 spiro atoms. The molecule has 0 amide bonds. The summed E-state index contributed by atoms with van der Waals surface area (Å²) in [5.74, 6) is -0.324. The molecule has 1 aromatic heterocycles. The van der Waals surface area contributed by atoms with Gasteiger partial charge in [-0.05, 0) is 44.2 Å². The van der Waals surface area contributed by atoms with E-state index in [2.05, 4.69) is 24.4 Å². The molecule has 4 heteroatoms. The van der Waals surface area contributed by atoms with Crippen molar-refractivity contribution in [2.75, 3.05) is 5.32 Å². The lowest BCUT2D eigenvalue weighted by Crippen LogP contribution is -2.04. The number of thiophene rings is 1. The van der Waals surface area contributed by atoms with Crippen molar-refractivity contribution in [3.05, 3.63) is 50.9 Å². The van der Waals surface area contributed by atoms with Crippen LogP contribution in [0, 0.1) is 12.7 Å². The van der Waals surface area contributed by atoms with Crippen molar-refractivity contribution in [3.63, 3.8) is 0 Å². The maximum Gasteiger partial charge on any atom is 0.126 e. The van der Waals surface area contributed by atoms with Crippen molar-refractivity contribution < 1.29 is 4.39 Å². The average molecular weight is 270 g/mol. The summed E-state index contributed by atoms with van der Waals surface area (Å²) in [6.45, 7) is 4.12. The fourth-order valence-electron chi connectivity index (χ4n) is 1.64. The molecule has 2 rings (SSSR count). The lowest BCUT2D eigenvalue weighted by Gasteiger charge is -2.14. The smallest absolute Gasteiger partial charge is 0.126 e. The van der Waals surface area contributed by atoms with Crippen LogP contribution < -0.4 is 5.32 Å². The second-order valence-corrected chi connectivity index (χ2v) is 5.73. The zero-order chi connectivity index (χ0) is 12.4. The van der Waals surface area contributed by atoms with Crippen LogP contribution in [0.15, 0.2) is 30.3 Å². The molecular formula is C13H13ClFNS. The molecule has 1 atom stereocenters. The normalized spacial score (nSPS) is 12.5. The van der Waals surface area contributed by atoms with Crippen molar-refractivity contribution in [1.82, 2.24) is 0 Å². The van der Waals surface area contributed by atoms with Gasteiger partial charge in [0.2, 0.25) is 0 Å². The summed E-state index contributed by atoms with van der Waals surface area (Å²) < 4.78 is 13.2. The molecule has 17 heavy (non-hydrogen) atoms. The first-order valence-corrected chi connectivity index (χ1v) is 6.53. The number of nitrogens with one attached hydrogen (secondary N) is 1. The lowest BCUT2D eigenvalue weighted by atomic mass is 10.2. The summed E-state index contributed by atoms with van der Waals surface area (Å²) in [5, 5.41) is 3.64. The quantitative estimate of drug-likeness (QED) is 0.825. The Balaban J connectivity index is 2.15. The van der Waals surface area contributed by atoms with Crippen LogP contribution in [-0.4, -0.2) is 0 Å². The second-order valence-electron chi connectivity index (χ2n) is 3.97. The SMILES string of the molecule is Cc1ccc(C(C)Nc2cc(F)cc(Cl)c2)s1. The van der Waals surface area contributed by atoms with E-state index in [1.807, 2.05) is 6.92 Å². The summed E-state index contributed by atoms with van der Waals surface area (Å²) in [5.41, 5.74) is 0.702. The number of benzene rings is 1. The molecule has 0 radical (unpaired) electrons. The van der Waals surface area contributed by atoms with Gasteiger partial charge >= 0.3 is 0 Å². The Bertz CT molecular complexity index is 504. The van der Waals surface area contributed by atoms with Crippen molar-refractivity contribution >= 4 is 28.6 Å². The lowest BCUT2D eigenvalue weighted by molar-refractivity contribution is 0.628. The van der Waals surface area contributed by atoms with Crippen LogP contribution in [0.4, 0.5) is 10.1 Å². The van der Waals surface area contributed by atoms with Gasteiger partial charge in [0.05, 0.1) is 6.04 Å². The minimum Gasteiger partial charge on any atom is -0.378 e. The molecule has 1 aromatic carbocycles. The number of hydrogen-bond donors (Lipinski definition) is 1. The highest BCUT2D eigenvalue weighted by atomic mass is 35.5. The minimum absolute atomic E-state index is 0.145. The molecule has 0 aliphatic carbocycles. The van der Waals surface area contributed by atoms with Crippen molar-refractivity contribution in [1.29, 1.82) is 0 Å². The van der Waals surface area contributed by atoms with E-state index in [0.29, 0.717) is 10.7 Å². The monoisotopic (exact) mass is 269 g/mol. The van der Waals surface area contributed by atoms with Crippen LogP contribution in [0.3, 0.4) is 0 Å². The second kappa shape index (κ2) is 5.07. The maximum absolute atomic E-state index is 13.2. The Hall–Kier alpha value is -1.06. The van der Waals surface area contributed by atoms with Gasteiger partial charge in [-0.25, -0.2) is 4.39 Å². The number of aryl methyl sites for hydroxylation is 1. The van der Waals surface area contributed by atoms with E-state index in [1.54, 1.807) is 17.4 Å². The van der Waals surface area contributed by atoms with E-state index in [0.717, 1.165) is 0 Å². The first-order chi connectivity index (χ1) is 8.04. The number of anilines is 1. The predicted molar refractivity (Wildman–Crippen MR) is 72.5 cm³/mol. The van der Waals surface area contributed by atoms with Gasteiger partial charge in [0, 0.05) is 20.5 Å². The van der Waals surface area contributed by atoms with Gasteiger partial charge in [0.25, 0.3) is 0 Å². The Kier molecular flexibility index (Phi) is 3.69. The Labute approximate surface area is 109 Å². The third-order valence-corrected chi connectivity index (χ3v) is 3.84. The molecule has 90 valence electrons. The molecule has 0 aliphatic rings. The minimum atomic E-state index is -0.324. The molecule has 1 N–H and O–H groups in total. The molecule has 0 saturated carbocycles. The summed E-state index contributed by atoms with van der Waals surface area (Å²) in [6.07, 6.45) is 0. The molecule has 0 bridgehead atoms. The predicted octanol–water partition coefficient (Wildman–Crippen LogP) is 5.02. The molecule has 2 aromatic rings. The van der Waals surface area contributed by atoms with Gasteiger partial charge in [0.1, 0.15) is 5.82 Å². The van der Waals surface area contributed by atoms with Gasteiger partial charge in [0.15, 0.2) is 0 Å². The van der Waals surface area contributed by atoms with Crippen LogP contribution in [-0.2, 0) is 0 Å². The highest BCUT2D eigenvalue weighted by molar-refractivity contribution is 7.12. The molecule has 0 saturated heterocycles. The largest absolute Gasteiger partial charge is 0.378 e. The zero-order valence-electron chi connectivity index (χ0n) is 9.63. The number of rotatable bonds is 3. The van der Waals surface area contributed by atoms with Crippen LogP contribution in [0.25, 0.3) is 0 Å². The third-order valence-electron chi connectivity index (χ3n) is 2.43. The number of halogens is 2. The highest BCUT2D eigenvalue weighted by Crippen LogP contribution is 2.27. The summed E-state index contributed by atoms with van der Waals surface area (Å²) >= 11 is 7.54. The molecular weight excluding hydrogens is 257 g/mol. The average Bonchev–Trinajstić information content (AvgIpc) is 2.63. The Morgan fingerprint density at radius 3 is 2.65 bits per heavy atom. The van der Waals surface area contributed by atoms with E-state index < -0.39 is 0 Å². The van der Waals surface area contributed by atoms with Crippen LogP contribution in [0.5, 0.6) is 0 Å². The first-order valence-electron chi connectivity index (χ1n) is 5.33. The van der Waals surface area contributed by atoms with E-state index in [1.165, 1.54) is 21.9 Å². The van der Waals surface area contributed by atoms with Gasteiger partial charge in [-0.2, -0.15) is 0 Å². The Morgan fingerprint density at radius 2 is 2.06 bits per heavy atom. The molecule has 0 aliphatic heterocycles. The van der Waals surface area contributed by atoms with Crippen molar-refractivity contribution in [2.45, 2.75) is 19.9 Å². The van der Waals surface area contributed by atoms with E-state index in [9.17, 15) is 4.39 Å². The van der Waals surface area contributed by atoms with Gasteiger partial charge in [-0.15, -0.1) is 11.3 Å². The third kappa shape index (κ3) is 3.20. The standard InChI is InChI=1S/C13H13ClFNS/c1-8-3-4-13(17-8)9(2)16-12-6-10(14)5-11(15)7-12/h3-7,9,16H,1-2H3. The van der Waals surface area contributed by atoms with Gasteiger partial charge in [-0.3, -0.25) is 0 Å². The van der Waals surface area contributed by atoms with E-state index >= 15 is 0 Å². The van der Waals surface area contributed by atoms with Crippen LogP contribution in [0.1, 0.15) is 22.7 Å². The van der Waals surface area contributed by atoms with Crippen LogP contribution in [0.2, 0.25) is 5.02 Å². The Morgan fingerprint density at radius 1 is 1.29 bits per heavy atom. The summed E-state index contributed by atoms with van der Waals surface area (Å²) in [4.78, 5) is 2.49. The summed E-state index contributed by atoms with van der Waals surface area (Å²) in [6, 6.07) is 8.78. The zero-order valence-corrected chi connectivity index (χ0v) is 11.2. The topological polar surface area (TPSA) is 12.0 Å². The summed E-state index contributed by atoms with van der Waals surface area (Å²) in [7, 11) is 0. The molecule has 0 fully saturated rings. The first kappa shape index (κ1) is 12.4. The van der Waals surface area contributed by atoms with E-state index in [-0.39, 0.29) is 11.9 Å².